The molecule has 0 saturated carbocycles. The molecular formula is C14H18N4O. The summed E-state index contributed by atoms with van der Waals surface area (Å²) in [5.41, 5.74) is 0.565. The van der Waals surface area contributed by atoms with Crippen LogP contribution < -0.4 is 5.32 Å². The van der Waals surface area contributed by atoms with Gasteiger partial charge < -0.3 is 5.32 Å². The summed E-state index contributed by atoms with van der Waals surface area (Å²) < 4.78 is 1.67. The molecule has 100 valence electrons. The summed E-state index contributed by atoms with van der Waals surface area (Å²) in [6, 6.07) is 9.86. The maximum Gasteiger partial charge on any atom is 0.227 e. The molecule has 0 saturated heterocycles. The van der Waals surface area contributed by atoms with Crippen LogP contribution in [0.4, 0.5) is 0 Å². The van der Waals surface area contributed by atoms with Crippen molar-refractivity contribution in [3.05, 3.63) is 48.3 Å². The summed E-state index contributed by atoms with van der Waals surface area (Å²) in [5, 5.41) is 10.6. The Balaban J connectivity index is 1.91. The second kappa shape index (κ2) is 5.65. The number of nitrogens with one attached hydrogen (secondary N) is 1. The van der Waals surface area contributed by atoms with Crippen molar-refractivity contribution in [1.82, 2.24) is 20.3 Å². The Labute approximate surface area is 112 Å². The van der Waals surface area contributed by atoms with E-state index in [2.05, 4.69) is 15.6 Å². The van der Waals surface area contributed by atoms with Crippen LogP contribution in [0.1, 0.15) is 19.4 Å². The lowest BCUT2D eigenvalue weighted by molar-refractivity contribution is -0.130. The predicted octanol–water partition coefficient (Wildman–Crippen LogP) is 1.62. The normalized spacial score (nSPS) is 11.3. The topological polar surface area (TPSA) is 59.8 Å². The first-order valence-corrected chi connectivity index (χ1v) is 6.24. The minimum absolute atomic E-state index is 0.00635. The van der Waals surface area contributed by atoms with Gasteiger partial charge >= 0.3 is 0 Å². The highest BCUT2D eigenvalue weighted by molar-refractivity contribution is 5.81. The van der Waals surface area contributed by atoms with Gasteiger partial charge in [0.1, 0.15) is 0 Å². The lowest BCUT2D eigenvalue weighted by Crippen LogP contribution is -2.39. The Kier molecular flexibility index (Phi) is 3.94. The molecule has 1 aromatic carbocycles. The fraction of sp³-hybridized carbons (Fsp3) is 0.357. The van der Waals surface area contributed by atoms with Gasteiger partial charge in [0.15, 0.2) is 0 Å². The number of aromatic nitrogens is 3. The molecule has 5 nitrogen and oxygen atoms in total. The Morgan fingerprint density at radius 3 is 2.68 bits per heavy atom. The monoisotopic (exact) mass is 258 g/mol. The second-order valence-electron chi connectivity index (χ2n) is 5.15. The molecule has 5 heteroatoms. The Morgan fingerprint density at radius 1 is 1.32 bits per heavy atom. The van der Waals surface area contributed by atoms with E-state index in [0.29, 0.717) is 13.1 Å². The lowest BCUT2D eigenvalue weighted by atomic mass is 9.92. The molecule has 0 atom stereocenters. The van der Waals surface area contributed by atoms with Crippen LogP contribution in [-0.4, -0.2) is 20.9 Å². The summed E-state index contributed by atoms with van der Waals surface area (Å²) in [6.07, 6.45) is 3.37. The molecule has 19 heavy (non-hydrogen) atoms. The fourth-order valence-corrected chi connectivity index (χ4v) is 1.81. The van der Waals surface area contributed by atoms with Gasteiger partial charge in [0, 0.05) is 12.7 Å². The predicted molar refractivity (Wildman–Crippen MR) is 72.1 cm³/mol. The zero-order valence-corrected chi connectivity index (χ0v) is 11.2. The van der Waals surface area contributed by atoms with Gasteiger partial charge in [-0.3, -0.25) is 9.48 Å². The lowest BCUT2D eigenvalue weighted by Gasteiger charge is -2.23. The minimum Gasteiger partial charge on any atom is -0.352 e. The molecular weight excluding hydrogens is 240 g/mol. The Morgan fingerprint density at radius 2 is 2.05 bits per heavy atom. The molecule has 0 aliphatic carbocycles. The zero-order valence-electron chi connectivity index (χ0n) is 11.2. The van der Waals surface area contributed by atoms with Crippen molar-refractivity contribution in [2.45, 2.75) is 26.9 Å². The van der Waals surface area contributed by atoms with Crippen molar-refractivity contribution in [2.24, 2.45) is 5.41 Å². The van der Waals surface area contributed by atoms with E-state index in [9.17, 15) is 4.79 Å². The largest absolute Gasteiger partial charge is 0.352 e. The molecule has 0 aliphatic heterocycles. The van der Waals surface area contributed by atoms with E-state index in [4.69, 9.17) is 0 Å². The van der Waals surface area contributed by atoms with Gasteiger partial charge in [-0.2, -0.15) is 0 Å². The van der Waals surface area contributed by atoms with Crippen LogP contribution in [0.5, 0.6) is 0 Å². The SMILES string of the molecule is CC(C)(Cn1ccnn1)C(=O)NCc1ccccc1. The van der Waals surface area contributed by atoms with Gasteiger partial charge in [0.25, 0.3) is 0 Å². The third-order valence-corrected chi connectivity index (χ3v) is 2.94. The van der Waals surface area contributed by atoms with Crippen molar-refractivity contribution in [2.75, 3.05) is 0 Å². The molecule has 0 unspecified atom stereocenters. The zero-order chi connectivity index (χ0) is 13.7. The maximum absolute atomic E-state index is 12.2. The molecule has 0 radical (unpaired) electrons. The van der Waals surface area contributed by atoms with Crippen LogP contribution in [0, 0.1) is 5.41 Å². The van der Waals surface area contributed by atoms with Gasteiger partial charge in [0.05, 0.1) is 18.2 Å². The van der Waals surface area contributed by atoms with Crippen LogP contribution >= 0.6 is 0 Å². The van der Waals surface area contributed by atoms with E-state index < -0.39 is 5.41 Å². The smallest absolute Gasteiger partial charge is 0.227 e. The number of carbonyl (C=O) groups is 1. The highest BCUT2D eigenvalue weighted by Gasteiger charge is 2.28. The average molecular weight is 258 g/mol. The van der Waals surface area contributed by atoms with Crippen molar-refractivity contribution < 1.29 is 4.79 Å². The molecule has 0 spiro atoms. The van der Waals surface area contributed by atoms with Gasteiger partial charge in [-0.25, -0.2) is 0 Å². The molecule has 0 bridgehead atoms. The second-order valence-corrected chi connectivity index (χ2v) is 5.15. The van der Waals surface area contributed by atoms with Crippen LogP contribution in [0.15, 0.2) is 42.7 Å². The maximum atomic E-state index is 12.2. The summed E-state index contributed by atoms with van der Waals surface area (Å²) in [4.78, 5) is 12.2. The summed E-state index contributed by atoms with van der Waals surface area (Å²) in [6.45, 7) is 4.85. The van der Waals surface area contributed by atoms with Crippen LogP contribution in [-0.2, 0) is 17.9 Å². The van der Waals surface area contributed by atoms with E-state index in [1.165, 1.54) is 0 Å². The van der Waals surface area contributed by atoms with Gasteiger partial charge in [-0.05, 0) is 19.4 Å². The van der Waals surface area contributed by atoms with Crippen LogP contribution in [0.3, 0.4) is 0 Å². The first-order chi connectivity index (χ1) is 9.08. The Bertz CT molecular complexity index is 520. The van der Waals surface area contributed by atoms with Gasteiger partial charge in [-0.15, -0.1) is 5.10 Å². The summed E-state index contributed by atoms with van der Waals surface area (Å²) in [7, 11) is 0. The van der Waals surface area contributed by atoms with Crippen molar-refractivity contribution in [3.8, 4) is 0 Å². The number of rotatable bonds is 5. The summed E-state index contributed by atoms with van der Waals surface area (Å²) in [5.74, 6) is 0.00635. The minimum atomic E-state index is -0.525. The summed E-state index contributed by atoms with van der Waals surface area (Å²) >= 11 is 0. The van der Waals surface area contributed by atoms with Gasteiger partial charge in [0.2, 0.25) is 5.91 Å². The number of carbonyl (C=O) groups excluding carboxylic acids is 1. The third-order valence-electron chi connectivity index (χ3n) is 2.94. The number of benzene rings is 1. The molecule has 0 fully saturated rings. The van der Waals surface area contributed by atoms with Crippen molar-refractivity contribution >= 4 is 5.91 Å². The highest BCUT2D eigenvalue weighted by Crippen LogP contribution is 2.17. The number of hydrogen-bond donors (Lipinski definition) is 1. The average Bonchev–Trinajstić information content (AvgIpc) is 2.89. The van der Waals surface area contributed by atoms with Crippen molar-refractivity contribution in [1.29, 1.82) is 0 Å². The molecule has 0 aliphatic rings. The van der Waals surface area contributed by atoms with E-state index in [0.717, 1.165) is 5.56 Å². The van der Waals surface area contributed by atoms with E-state index in [1.807, 2.05) is 44.2 Å². The first kappa shape index (κ1) is 13.3. The molecule has 1 heterocycles. The van der Waals surface area contributed by atoms with E-state index in [1.54, 1.807) is 17.1 Å². The number of hydrogen-bond acceptors (Lipinski definition) is 3. The van der Waals surface area contributed by atoms with Crippen LogP contribution in [0.25, 0.3) is 0 Å². The Hall–Kier alpha value is -2.17. The molecule has 1 amide bonds. The number of nitrogens with zero attached hydrogens (tertiary/aromatic N) is 3. The fourth-order valence-electron chi connectivity index (χ4n) is 1.81. The van der Waals surface area contributed by atoms with Gasteiger partial charge in [-0.1, -0.05) is 35.5 Å². The highest BCUT2D eigenvalue weighted by atomic mass is 16.2. The molecule has 2 rings (SSSR count). The molecule has 1 aromatic heterocycles. The van der Waals surface area contributed by atoms with Crippen molar-refractivity contribution in [3.63, 3.8) is 0 Å². The number of amides is 1. The van der Waals surface area contributed by atoms with Crippen LogP contribution in [0.2, 0.25) is 0 Å². The third kappa shape index (κ3) is 3.64. The first-order valence-electron chi connectivity index (χ1n) is 6.24. The van der Waals surface area contributed by atoms with E-state index >= 15 is 0 Å². The standard InChI is InChI=1S/C14H18N4O/c1-14(2,11-18-9-8-16-17-18)13(19)15-10-12-6-4-3-5-7-12/h3-9H,10-11H2,1-2H3,(H,15,19). The molecule has 1 N–H and O–H groups in total. The molecule has 2 aromatic rings. The van der Waals surface area contributed by atoms with E-state index in [-0.39, 0.29) is 5.91 Å². The quantitative estimate of drug-likeness (QED) is 0.886.